The summed E-state index contributed by atoms with van der Waals surface area (Å²) in [5.74, 6) is -0.505. The highest BCUT2D eigenvalue weighted by molar-refractivity contribution is 7.10. The maximum absolute atomic E-state index is 13.1. The summed E-state index contributed by atoms with van der Waals surface area (Å²) >= 11 is 1.54. The van der Waals surface area contributed by atoms with Gasteiger partial charge in [0.15, 0.2) is 5.78 Å². The van der Waals surface area contributed by atoms with Gasteiger partial charge in [0, 0.05) is 42.9 Å². The molecule has 3 heterocycles. The molecule has 162 valence electrons. The van der Waals surface area contributed by atoms with Crippen molar-refractivity contribution in [3.05, 3.63) is 44.7 Å². The molecule has 1 atom stereocenters. The number of carbonyl (C=O) groups excluding carboxylic acids is 2. The highest BCUT2D eigenvalue weighted by Gasteiger charge is 2.45. The lowest BCUT2D eigenvalue weighted by atomic mass is 9.71. The molecule has 0 aromatic carbocycles. The fourth-order valence-electron chi connectivity index (χ4n) is 4.42. The molecule has 0 amide bonds. The fourth-order valence-corrected chi connectivity index (χ4v) is 5.45. The Labute approximate surface area is 180 Å². The molecule has 7 nitrogen and oxygen atoms in total. The van der Waals surface area contributed by atoms with Crippen LogP contribution in [0.5, 0.6) is 0 Å². The van der Waals surface area contributed by atoms with Crippen LogP contribution in [0.1, 0.15) is 43.0 Å². The average Bonchev–Trinajstić information content (AvgIpc) is 3.14. The number of methoxy groups -OCH3 is 1. The van der Waals surface area contributed by atoms with E-state index in [1.54, 1.807) is 0 Å². The normalized spacial score (nSPS) is 24.5. The highest BCUT2D eigenvalue weighted by atomic mass is 32.1. The number of carbonyl (C=O) groups is 2. The Morgan fingerprint density at radius 2 is 2.07 bits per heavy atom. The maximum atomic E-state index is 13.1. The zero-order chi connectivity index (χ0) is 21.5. The number of ketones is 1. The van der Waals surface area contributed by atoms with E-state index in [4.69, 9.17) is 19.9 Å². The quantitative estimate of drug-likeness (QED) is 0.732. The van der Waals surface area contributed by atoms with Gasteiger partial charge in [0.2, 0.25) is 5.88 Å². The van der Waals surface area contributed by atoms with Gasteiger partial charge < -0.3 is 19.9 Å². The fraction of sp³-hybridized carbons (Fsp3) is 0.545. The smallest absolute Gasteiger partial charge is 0.340 e. The number of Topliss-reactive ketones (excluding diaryl/α,β-unsaturated/α-hetero) is 1. The first-order valence-corrected chi connectivity index (χ1v) is 11.1. The topological polar surface area (TPSA) is 91.1 Å². The number of hydrogen-bond donors (Lipinski definition) is 1. The minimum absolute atomic E-state index is 0.00304. The Kier molecular flexibility index (Phi) is 5.74. The summed E-state index contributed by atoms with van der Waals surface area (Å²) in [5.41, 5.74) is 7.87. The summed E-state index contributed by atoms with van der Waals surface area (Å²) in [4.78, 5) is 29.0. The van der Waals surface area contributed by atoms with Crippen LogP contribution in [0.2, 0.25) is 0 Å². The van der Waals surface area contributed by atoms with Crippen molar-refractivity contribution in [2.24, 2.45) is 11.1 Å². The number of esters is 1. The Morgan fingerprint density at radius 1 is 1.33 bits per heavy atom. The van der Waals surface area contributed by atoms with E-state index < -0.39 is 11.9 Å². The van der Waals surface area contributed by atoms with Crippen LogP contribution in [-0.2, 0) is 30.3 Å². The highest BCUT2D eigenvalue weighted by Crippen LogP contribution is 2.49. The van der Waals surface area contributed by atoms with Crippen LogP contribution >= 0.6 is 11.3 Å². The molecule has 30 heavy (non-hydrogen) atoms. The van der Waals surface area contributed by atoms with E-state index in [1.807, 2.05) is 13.8 Å². The van der Waals surface area contributed by atoms with E-state index in [-0.39, 0.29) is 22.7 Å². The number of rotatable bonds is 4. The summed E-state index contributed by atoms with van der Waals surface area (Å²) in [6, 6.07) is 2.07. The van der Waals surface area contributed by atoms with E-state index >= 15 is 0 Å². The third-order valence-corrected chi connectivity index (χ3v) is 6.88. The van der Waals surface area contributed by atoms with E-state index in [2.05, 4.69) is 16.3 Å². The van der Waals surface area contributed by atoms with Crippen molar-refractivity contribution in [3.8, 4) is 0 Å². The number of morpholine rings is 1. The molecule has 1 aromatic heterocycles. The van der Waals surface area contributed by atoms with Crippen LogP contribution in [0.25, 0.3) is 0 Å². The van der Waals surface area contributed by atoms with Crippen molar-refractivity contribution in [3.63, 3.8) is 0 Å². The van der Waals surface area contributed by atoms with E-state index in [9.17, 15) is 9.59 Å². The van der Waals surface area contributed by atoms with Crippen molar-refractivity contribution >= 4 is 23.1 Å². The van der Waals surface area contributed by atoms with Crippen molar-refractivity contribution in [2.75, 3.05) is 33.4 Å². The van der Waals surface area contributed by atoms with Gasteiger partial charge in [-0.2, -0.15) is 0 Å². The van der Waals surface area contributed by atoms with Gasteiger partial charge in [-0.1, -0.05) is 13.8 Å². The Morgan fingerprint density at radius 3 is 2.77 bits per heavy atom. The number of thiophene rings is 1. The van der Waals surface area contributed by atoms with Gasteiger partial charge in [-0.25, -0.2) is 4.79 Å². The van der Waals surface area contributed by atoms with Crippen LogP contribution in [0.4, 0.5) is 0 Å². The SMILES string of the molecule is COC(=O)C1=C(N)OC2=C(C(=O)CC(C)(C)C2)[C@@H]1c1cc(CN2CCOCC2)cs1. The molecular weight excluding hydrogens is 404 g/mol. The predicted molar refractivity (Wildman–Crippen MR) is 113 cm³/mol. The third-order valence-electron chi connectivity index (χ3n) is 5.83. The predicted octanol–water partition coefficient (Wildman–Crippen LogP) is 2.68. The van der Waals surface area contributed by atoms with Gasteiger partial charge in [0.1, 0.15) is 11.3 Å². The minimum Gasteiger partial charge on any atom is -0.465 e. The number of nitrogens with zero attached hydrogens (tertiary/aromatic N) is 1. The number of hydrogen-bond acceptors (Lipinski definition) is 8. The molecule has 1 aromatic rings. The molecule has 0 saturated carbocycles. The number of ether oxygens (including phenoxy) is 3. The van der Waals surface area contributed by atoms with E-state index in [0.29, 0.717) is 24.2 Å². The Balaban J connectivity index is 1.71. The van der Waals surface area contributed by atoms with Crippen LogP contribution in [-0.4, -0.2) is 50.1 Å². The van der Waals surface area contributed by atoms with Crippen molar-refractivity contribution in [2.45, 2.75) is 39.2 Å². The molecule has 1 saturated heterocycles. The van der Waals surface area contributed by atoms with Crippen molar-refractivity contribution in [1.82, 2.24) is 4.90 Å². The lowest BCUT2D eigenvalue weighted by Gasteiger charge is -2.37. The lowest BCUT2D eigenvalue weighted by molar-refractivity contribution is -0.136. The standard InChI is InChI=1S/C22H28N2O5S/c1-22(2)9-14(25)17-15(10-22)29-20(23)19(21(26)27-3)18(17)16-8-13(12-30-16)11-24-4-6-28-7-5-24/h8,12,18H,4-7,9-11,23H2,1-3H3/t18-/m0/s1. The molecule has 8 heteroatoms. The molecule has 0 spiro atoms. The van der Waals surface area contributed by atoms with Crippen molar-refractivity contribution in [1.29, 1.82) is 0 Å². The molecule has 2 aliphatic heterocycles. The molecule has 4 rings (SSSR count). The van der Waals surface area contributed by atoms with Gasteiger partial charge >= 0.3 is 5.97 Å². The second-order valence-electron chi connectivity index (χ2n) is 8.83. The van der Waals surface area contributed by atoms with Gasteiger partial charge in [-0.3, -0.25) is 9.69 Å². The van der Waals surface area contributed by atoms with Gasteiger partial charge in [-0.05, 0) is 22.4 Å². The average molecular weight is 433 g/mol. The first-order chi connectivity index (χ1) is 14.3. The zero-order valence-corrected chi connectivity index (χ0v) is 18.5. The summed E-state index contributed by atoms with van der Waals surface area (Å²) in [5, 5.41) is 2.09. The first-order valence-electron chi connectivity index (χ1n) is 10.2. The molecule has 0 radical (unpaired) electrons. The monoisotopic (exact) mass is 432 g/mol. The molecule has 0 bridgehead atoms. The minimum atomic E-state index is -0.565. The van der Waals surface area contributed by atoms with E-state index in [1.165, 1.54) is 18.4 Å². The summed E-state index contributed by atoms with van der Waals surface area (Å²) in [6.07, 6.45) is 1.01. The number of nitrogens with two attached hydrogens (primary N) is 1. The third kappa shape index (κ3) is 4.04. The Bertz CT molecular complexity index is 924. The molecule has 3 aliphatic rings. The second kappa shape index (κ2) is 8.17. The number of allylic oxidation sites excluding steroid dienone is 2. The van der Waals surface area contributed by atoms with Crippen LogP contribution in [0.15, 0.2) is 34.2 Å². The molecule has 1 aliphatic carbocycles. The van der Waals surface area contributed by atoms with Crippen LogP contribution in [0, 0.1) is 5.41 Å². The van der Waals surface area contributed by atoms with Gasteiger partial charge in [0.25, 0.3) is 0 Å². The molecule has 2 N–H and O–H groups in total. The van der Waals surface area contributed by atoms with E-state index in [0.717, 1.165) is 43.3 Å². The summed E-state index contributed by atoms with van der Waals surface area (Å²) in [6.45, 7) is 8.15. The van der Waals surface area contributed by atoms with Crippen LogP contribution < -0.4 is 5.73 Å². The van der Waals surface area contributed by atoms with Gasteiger partial charge in [-0.15, -0.1) is 11.3 Å². The second-order valence-corrected chi connectivity index (χ2v) is 9.77. The Hall–Kier alpha value is -2.16. The molecular formula is C22H28N2O5S. The first kappa shape index (κ1) is 21.1. The molecule has 0 unspecified atom stereocenters. The summed E-state index contributed by atoms with van der Waals surface area (Å²) in [7, 11) is 1.31. The van der Waals surface area contributed by atoms with Crippen LogP contribution in [0.3, 0.4) is 0 Å². The lowest BCUT2D eigenvalue weighted by Crippen LogP contribution is -2.35. The largest absolute Gasteiger partial charge is 0.465 e. The molecule has 1 fully saturated rings. The van der Waals surface area contributed by atoms with Crippen molar-refractivity contribution < 1.29 is 23.8 Å². The summed E-state index contributed by atoms with van der Waals surface area (Å²) < 4.78 is 16.2. The van der Waals surface area contributed by atoms with Gasteiger partial charge in [0.05, 0.1) is 26.2 Å². The zero-order valence-electron chi connectivity index (χ0n) is 17.7. The maximum Gasteiger partial charge on any atom is 0.340 e.